The van der Waals surface area contributed by atoms with Gasteiger partial charge in [0.05, 0.1) is 17.6 Å². The monoisotopic (exact) mass is 329 g/mol. The summed E-state index contributed by atoms with van der Waals surface area (Å²) < 4.78 is 2.05. The molecule has 7 nitrogen and oxygen atoms in total. The van der Waals surface area contributed by atoms with Crippen LogP contribution in [0.5, 0.6) is 0 Å². The Morgan fingerprint density at radius 3 is 2.76 bits per heavy atom. The first kappa shape index (κ1) is 13.9. The van der Waals surface area contributed by atoms with Crippen LogP contribution in [0.4, 0.5) is 0 Å². The van der Waals surface area contributed by atoms with Crippen LogP contribution in [-0.2, 0) is 7.05 Å². The standard InChI is InChI=1S/C18H15N7/c1-10-20-9-15(25(10)2)12-6-13-16(23-24-18(13)21-8-12)14-7-11-4-3-5-19-17(11)22-14/h3-9H,1-2H3,(H,19,22)(H,21,23,24). The summed E-state index contributed by atoms with van der Waals surface area (Å²) in [6.45, 7) is 1.98. The molecule has 0 radical (unpaired) electrons. The van der Waals surface area contributed by atoms with Gasteiger partial charge in [-0.15, -0.1) is 0 Å². The number of hydrogen-bond donors (Lipinski definition) is 2. The quantitative estimate of drug-likeness (QED) is 0.520. The molecule has 0 saturated carbocycles. The first-order chi connectivity index (χ1) is 12.2. The summed E-state index contributed by atoms with van der Waals surface area (Å²) in [4.78, 5) is 16.6. The van der Waals surface area contributed by atoms with Gasteiger partial charge in [-0.25, -0.2) is 15.0 Å². The molecule has 0 aliphatic rings. The number of aromatic nitrogens is 7. The molecule has 5 heterocycles. The molecular weight excluding hydrogens is 314 g/mol. The van der Waals surface area contributed by atoms with Crippen molar-refractivity contribution >= 4 is 22.1 Å². The van der Waals surface area contributed by atoms with Crippen LogP contribution in [0.1, 0.15) is 5.82 Å². The maximum Gasteiger partial charge on any atom is 0.155 e. The van der Waals surface area contributed by atoms with Crippen molar-refractivity contribution in [1.29, 1.82) is 0 Å². The summed E-state index contributed by atoms with van der Waals surface area (Å²) >= 11 is 0. The minimum atomic E-state index is 0.754. The van der Waals surface area contributed by atoms with E-state index < -0.39 is 0 Å². The van der Waals surface area contributed by atoms with Crippen LogP contribution in [0.25, 0.3) is 44.7 Å². The van der Waals surface area contributed by atoms with Crippen LogP contribution in [0.15, 0.2) is 42.9 Å². The maximum absolute atomic E-state index is 4.52. The van der Waals surface area contributed by atoms with Gasteiger partial charge in [0, 0.05) is 35.8 Å². The Bertz CT molecular complexity index is 1190. The number of aromatic amines is 2. The second-order valence-corrected chi connectivity index (χ2v) is 6.07. The Morgan fingerprint density at radius 1 is 1.04 bits per heavy atom. The van der Waals surface area contributed by atoms with Crippen molar-refractivity contribution in [2.24, 2.45) is 7.05 Å². The number of nitrogens with zero attached hydrogens (tertiary/aromatic N) is 5. The fourth-order valence-corrected chi connectivity index (χ4v) is 3.10. The van der Waals surface area contributed by atoms with Gasteiger partial charge in [0.15, 0.2) is 5.65 Å². The van der Waals surface area contributed by atoms with Gasteiger partial charge in [-0.05, 0) is 31.2 Å². The Kier molecular flexibility index (Phi) is 2.79. The Hall–Kier alpha value is -3.48. The third-order valence-corrected chi connectivity index (χ3v) is 4.58. The molecule has 0 aliphatic carbocycles. The van der Waals surface area contributed by atoms with Crippen LogP contribution >= 0.6 is 0 Å². The molecule has 5 aromatic heterocycles. The van der Waals surface area contributed by atoms with Crippen LogP contribution in [0, 0.1) is 6.92 Å². The van der Waals surface area contributed by atoms with Crippen molar-refractivity contribution in [2.75, 3.05) is 0 Å². The van der Waals surface area contributed by atoms with E-state index in [9.17, 15) is 0 Å². The number of pyridine rings is 2. The molecule has 0 aliphatic heterocycles. The molecule has 2 N–H and O–H groups in total. The largest absolute Gasteiger partial charge is 0.338 e. The van der Waals surface area contributed by atoms with Crippen LogP contribution in [0.3, 0.4) is 0 Å². The normalized spacial score (nSPS) is 11.6. The lowest BCUT2D eigenvalue weighted by molar-refractivity contribution is 0.865. The summed E-state index contributed by atoms with van der Waals surface area (Å²) in [6, 6.07) is 8.10. The molecule has 5 rings (SSSR count). The van der Waals surface area contributed by atoms with Gasteiger partial charge in [0.2, 0.25) is 0 Å². The molecule has 0 atom stereocenters. The smallest absolute Gasteiger partial charge is 0.155 e. The molecule has 7 heteroatoms. The molecule has 0 saturated heterocycles. The lowest BCUT2D eigenvalue weighted by atomic mass is 10.1. The fraction of sp³-hybridized carbons (Fsp3) is 0.111. The number of nitrogens with one attached hydrogen (secondary N) is 2. The number of imidazole rings is 1. The summed E-state index contributed by atoms with van der Waals surface area (Å²) in [5.41, 5.74) is 5.38. The summed E-state index contributed by atoms with van der Waals surface area (Å²) in [7, 11) is 2.00. The SMILES string of the molecule is Cc1ncc(-c2cnc3[nH]nc(-c4cc5cccnc5[nH]4)c3c2)n1C. The zero-order valence-electron chi connectivity index (χ0n) is 13.8. The van der Waals surface area contributed by atoms with E-state index in [1.807, 2.05) is 38.5 Å². The third-order valence-electron chi connectivity index (χ3n) is 4.58. The van der Waals surface area contributed by atoms with E-state index in [4.69, 9.17) is 0 Å². The van der Waals surface area contributed by atoms with E-state index in [-0.39, 0.29) is 0 Å². The average Bonchev–Trinajstić information content (AvgIpc) is 3.31. The minimum absolute atomic E-state index is 0.754. The molecule has 122 valence electrons. The molecule has 0 aromatic carbocycles. The summed E-state index contributed by atoms with van der Waals surface area (Å²) in [5.74, 6) is 0.962. The van der Waals surface area contributed by atoms with Gasteiger partial charge >= 0.3 is 0 Å². The highest BCUT2D eigenvalue weighted by Crippen LogP contribution is 2.30. The van der Waals surface area contributed by atoms with Gasteiger partial charge in [-0.2, -0.15) is 5.10 Å². The van der Waals surface area contributed by atoms with E-state index in [1.165, 1.54) is 0 Å². The minimum Gasteiger partial charge on any atom is -0.338 e. The molecule has 5 aromatic rings. The van der Waals surface area contributed by atoms with E-state index in [0.29, 0.717) is 0 Å². The highest BCUT2D eigenvalue weighted by molar-refractivity contribution is 5.95. The summed E-state index contributed by atoms with van der Waals surface area (Å²) in [6.07, 6.45) is 5.48. The van der Waals surface area contributed by atoms with E-state index in [0.717, 1.165) is 50.5 Å². The van der Waals surface area contributed by atoms with Gasteiger partial charge in [-0.3, -0.25) is 5.10 Å². The Morgan fingerprint density at radius 2 is 1.96 bits per heavy atom. The fourth-order valence-electron chi connectivity index (χ4n) is 3.10. The topological polar surface area (TPSA) is 88.1 Å². The second-order valence-electron chi connectivity index (χ2n) is 6.07. The Labute approximate surface area is 142 Å². The lowest BCUT2D eigenvalue weighted by Crippen LogP contribution is -1.94. The number of aryl methyl sites for hydroxylation is 1. The second kappa shape index (κ2) is 5.01. The van der Waals surface area contributed by atoms with Crippen molar-refractivity contribution in [3.63, 3.8) is 0 Å². The number of H-pyrrole nitrogens is 2. The van der Waals surface area contributed by atoms with Gasteiger partial charge in [0.25, 0.3) is 0 Å². The number of rotatable bonds is 2. The maximum atomic E-state index is 4.52. The first-order valence-electron chi connectivity index (χ1n) is 7.97. The molecule has 0 bridgehead atoms. The van der Waals surface area contributed by atoms with Crippen LogP contribution < -0.4 is 0 Å². The Balaban J connectivity index is 1.71. The van der Waals surface area contributed by atoms with Crippen LogP contribution in [0.2, 0.25) is 0 Å². The molecule has 0 amide bonds. The van der Waals surface area contributed by atoms with Gasteiger partial charge in [-0.1, -0.05) is 0 Å². The van der Waals surface area contributed by atoms with Crippen molar-refractivity contribution in [3.8, 4) is 22.6 Å². The molecular formula is C18H15N7. The van der Waals surface area contributed by atoms with Crippen molar-refractivity contribution in [1.82, 2.24) is 34.7 Å². The average molecular weight is 329 g/mol. The van der Waals surface area contributed by atoms with Gasteiger partial charge < -0.3 is 9.55 Å². The van der Waals surface area contributed by atoms with Crippen LogP contribution in [-0.4, -0.2) is 34.7 Å². The molecule has 0 fully saturated rings. The zero-order chi connectivity index (χ0) is 17.0. The van der Waals surface area contributed by atoms with Crippen molar-refractivity contribution < 1.29 is 0 Å². The molecule has 25 heavy (non-hydrogen) atoms. The molecule has 0 unspecified atom stereocenters. The zero-order valence-corrected chi connectivity index (χ0v) is 13.8. The van der Waals surface area contributed by atoms with E-state index >= 15 is 0 Å². The number of hydrogen-bond acceptors (Lipinski definition) is 4. The molecule has 0 spiro atoms. The van der Waals surface area contributed by atoms with E-state index in [2.05, 4.69) is 46.8 Å². The van der Waals surface area contributed by atoms with E-state index in [1.54, 1.807) is 6.20 Å². The predicted octanol–water partition coefficient (Wildman–Crippen LogP) is 3.21. The first-order valence-corrected chi connectivity index (χ1v) is 7.97. The number of fused-ring (bicyclic) bond motifs is 2. The van der Waals surface area contributed by atoms with Crippen molar-refractivity contribution in [3.05, 3.63) is 48.7 Å². The predicted molar refractivity (Wildman–Crippen MR) is 95.9 cm³/mol. The third kappa shape index (κ3) is 2.06. The van der Waals surface area contributed by atoms with Gasteiger partial charge in [0.1, 0.15) is 17.2 Å². The summed E-state index contributed by atoms with van der Waals surface area (Å²) in [5, 5.41) is 9.48. The van der Waals surface area contributed by atoms with Crippen molar-refractivity contribution in [2.45, 2.75) is 6.92 Å². The highest BCUT2D eigenvalue weighted by atomic mass is 15.2. The lowest BCUT2D eigenvalue weighted by Gasteiger charge is -2.04. The highest BCUT2D eigenvalue weighted by Gasteiger charge is 2.14.